The van der Waals surface area contributed by atoms with Gasteiger partial charge in [0.05, 0.1) is 36.6 Å². The third kappa shape index (κ3) is 11.5. The number of hydrogen-bond acceptors (Lipinski definition) is 15. The highest BCUT2D eigenvalue weighted by Crippen LogP contribution is 2.71. The predicted octanol–water partition coefficient (Wildman–Crippen LogP) is 2.10. The Balaban J connectivity index is 1.06. The Labute approximate surface area is 378 Å². The number of ether oxygens (including phenoxy) is 4. The second-order valence-corrected chi connectivity index (χ2v) is 18.9. The first-order valence-electron chi connectivity index (χ1n) is 21.9. The lowest BCUT2D eigenvalue weighted by Crippen LogP contribution is -2.65. The van der Waals surface area contributed by atoms with Crippen molar-refractivity contribution in [2.24, 2.45) is 22.0 Å². The summed E-state index contributed by atoms with van der Waals surface area (Å²) >= 11 is 0. The number of likely N-dealkylation sites (N-methyl/N-ethyl adjacent to an activating group) is 1. The van der Waals surface area contributed by atoms with Crippen molar-refractivity contribution in [3.05, 3.63) is 71.2 Å². The van der Waals surface area contributed by atoms with E-state index >= 15 is 0 Å². The van der Waals surface area contributed by atoms with Crippen LogP contribution in [0.3, 0.4) is 0 Å². The standard InChI is InChI=1S/C46H64N6O13/c1-6-29(30-9-8-28(16-35(55)48-5)51-36(30)40(59)60)26(2)50-25-45-20-43(3)19-44(4,21-45)23-46(22-43,24-45)63-14-13-49-42(61)62-18-27-7-10-32(31(15-27)52-34(54)11-12-47)64-41-39(58)38(57)37(56)33(17-53)65-41/h6-10,15,33,37-39,41,50,53,56-58H,1,11-14,16-25,47H2,2-5H3,(H,48,55)(H,49,61)(H,52,54)(H,59,60)/b29-26+/t33-,37+,38+,39-,41-,43?,44?,45?,46?/m1/s1. The van der Waals surface area contributed by atoms with Gasteiger partial charge in [0.1, 0.15) is 36.8 Å². The zero-order valence-electron chi connectivity index (χ0n) is 37.5. The van der Waals surface area contributed by atoms with E-state index in [1.807, 2.05) is 6.92 Å². The van der Waals surface area contributed by atoms with Gasteiger partial charge in [-0.15, -0.1) is 0 Å². The molecule has 65 heavy (non-hydrogen) atoms. The number of aliphatic hydroxyl groups is 4. The fourth-order valence-electron chi connectivity index (χ4n) is 11.4. The van der Waals surface area contributed by atoms with E-state index in [1.54, 1.807) is 24.3 Å². The number of carboxylic acid groups (broad SMARTS) is 1. The molecule has 1 saturated heterocycles. The van der Waals surface area contributed by atoms with Crippen molar-refractivity contribution in [1.29, 1.82) is 0 Å². The summed E-state index contributed by atoms with van der Waals surface area (Å²) in [5, 5.41) is 62.1. The van der Waals surface area contributed by atoms with Crippen molar-refractivity contribution in [3.8, 4) is 5.75 Å². The first kappa shape index (κ1) is 49.3. The number of anilines is 1. The Morgan fingerprint density at radius 2 is 1.69 bits per heavy atom. The highest BCUT2D eigenvalue weighted by atomic mass is 16.7. The Bertz CT molecular complexity index is 2130. The zero-order chi connectivity index (χ0) is 47.3. The molecule has 7 atom stereocenters. The van der Waals surface area contributed by atoms with Gasteiger partial charge in [-0.25, -0.2) is 14.6 Å². The van der Waals surface area contributed by atoms with Gasteiger partial charge in [0, 0.05) is 49.9 Å². The van der Waals surface area contributed by atoms with E-state index in [2.05, 4.69) is 46.7 Å². The van der Waals surface area contributed by atoms with Crippen molar-refractivity contribution >= 4 is 35.1 Å². The molecule has 356 valence electrons. The molecule has 7 rings (SSSR count). The van der Waals surface area contributed by atoms with E-state index in [0.717, 1.165) is 44.2 Å². The van der Waals surface area contributed by atoms with Crippen molar-refractivity contribution in [1.82, 2.24) is 20.9 Å². The molecule has 19 nitrogen and oxygen atoms in total. The van der Waals surface area contributed by atoms with Gasteiger partial charge in [-0.3, -0.25) is 9.59 Å². The zero-order valence-corrected chi connectivity index (χ0v) is 37.5. The highest BCUT2D eigenvalue weighted by molar-refractivity contribution is 5.94. The smallest absolute Gasteiger partial charge is 0.407 e. The van der Waals surface area contributed by atoms with E-state index in [9.17, 15) is 44.7 Å². The van der Waals surface area contributed by atoms with Crippen LogP contribution in [-0.2, 0) is 36.8 Å². The highest BCUT2D eigenvalue weighted by Gasteiger charge is 2.66. The Kier molecular flexibility index (Phi) is 15.3. The Hall–Kier alpha value is -5.15. The molecule has 5 fully saturated rings. The molecule has 2 aromatic rings. The van der Waals surface area contributed by atoms with Crippen molar-refractivity contribution in [2.75, 3.05) is 45.2 Å². The van der Waals surface area contributed by atoms with Crippen LogP contribution in [0.25, 0.3) is 5.57 Å². The molecule has 5 aliphatic rings. The van der Waals surface area contributed by atoms with Crippen molar-refractivity contribution < 1.29 is 63.7 Å². The summed E-state index contributed by atoms with van der Waals surface area (Å²) in [7, 11) is 1.51. The average molecular weight is 909 g/mol. The number of benzene rings is 1. The monoisotopic (exact) mass is 908 g/mol. The molecule has 4 bridgehead atoms. The molecule has 4 aliphatic carbocycles. The molecule has 2 heterocycles. The normalized spacial score (nSPS) is 30.4. The van der Waals surface area contributed by atoms with Crippen LogP contribution in [0.5, 0.6) is 5.75 Å². The lowest BCUT2D eigenvalue weighted by molar-refractivity contribution is -0.277. The number of aromatic carboxylic acids is 1. The number of carboxylic acids is 1. The summed E-state index contributed by atoms with van der Waals surface area (Å²) in [5.41, 5.74) is 7.71. The van der Waals surface area contributed by atoms with E-state index < -0.39 is 60.9 Å². The molecule has 11 N–H and O–H groups in total. The fraction of sp³-hybridized carbons (Fsp3) is 0.587. The number of carbonyl (C=O) groups excluding carboxylic acids is 3. The number of nitrogens with two attached hydrogens (primary N) is 1. The maximum Gasteiger partial charge on any atom is 0.407 e. The molecular weight excluding hydrogens is 845 g/mol. The third-order valence-electron chi connectivity index (χ3n) is 13.0. The molecule has 4 saturated carbocycles. The van der Waals surface area contributed by atoms with Crippen LogP contribution in [0.2, 0.25) is 0 Å². The fourth-order valence-corrected chi connectivity index (χ4v) is 11.4. The summed E-state index contributed by atoms with van der Waals surface area (Å²) in [6.45, 7) is 10.9. The molecule has 3 amide bonds. The second kappa shape index (κ2) is 20.2. The van der Waals surface area contributed by atoms with Crippen LogP contribution >= 0.6 is 0 Å². The molecule has 1 aromatic carbocycles. The summed E-state index contributed by atoms with van der Waals surface area (Å²) in [6.07, 6.45) is -1.05. The van der Waals surface area contributed by atoms with Gasteiger partial charge < -0.3 is 71.5 Å². The number of pyridine rings is 1. The quantitative estimate of drug-likeness (QED) is 0.0672. The van der Waals surface area contributed by atoms with Gasteiger partial charge in [-0.05, 0) is 85.5 Å². The lowest BCUT2D eigenvalue weighted by Gasteiger charge is -2.69. The summed E-state index contributed by atoms with van der Waals surface area (Å²) in [5.74, 6) is -1.88. The van der Waals surface area contributed by atoms with Gasteiger partial charge in [0.2, 0.25) is 18.1 Å². The van der Waals surface area contributed by atoms with Crippen molar-refractivity contribution in [3.63, 3.8) is 0 Å². The number of allylic oxidation sites excluding steroid dienone is 3. The van der Waals surface area contributed by atoms with Crippen LogP contribution in [0.15, 0.2) is 48.7 Å². The van der Waals surface area contributed by atoms with E-state index in [0.29, 0.717) is 28.9 Å². The maximum atomic E-state index is 12.9. The van der Waals surface area contributed by atoms with Gasteiger partial charge in [-0.2, -0.15) is 0 Å². The van der Waals surface area contributed by atoms with E-state index in [-0.39, 0.29) is 78.4 Å². The Morgan fingerprint density at radius 1 is 0.969 bits per heavy atom. The first-order chi connectivity index (χ1) is 30.8. The molecule has 0 radical (unpaired) electrons. The molecule has 1 aromatic heterocycles. The Morgan fingerprint density at radius 3 is 2.34 bits per heavy atom. The number of amides is 3. The number of rotatable bonds is 20. The van der Waals surface area contributed by atoms with Gasteiger partial charge in [0.15, 0.2) is 5.69 Å². The number of aromatic nitrogens is 1. The maximum absolute atomic E-state index is 12.9. The first-order valence-corrected chi connectivity index (χ1v) is 21.9. The molecule has 1 aliphatic heterocycles. The molecule has 2 unspecified atom stereocenters. The van der Waals surface area contributed by atoms with Crippen LogP contribution in [0.1, 0.15) is 93.0 Å². The largest absolute Gasteiger partial charge is 0.476 e. The van der Waals surface area contributed by atoms with E-state index in [1.165, 1.54) is 19.2 Å². The summed E-state index contributed by atoms with van der Waals surface area (Å²) < 4.78 is 23.5. The summed E-state index contributed by atoms with van der Waals surface area (Å²) in [4.78, 5) is 54.0. The number of nitrogens with one attached hydrogen (secondary N) is 4. The van der Waals surface area contributed by atoms with Gasteiger partial charge in [0.25, 0.3) is 0 Å². The van der Waals surface area contributed by atoms with Crippen molar-refractivity contribution in [2.45, 2.75) is 115 Å². The number of aliphatic hydroxyl groups excluding tert-OH is 4. The minimum Gasteiger partial charge on any atom is -0.476 e. The van der Waals surface area contributed by atoms with Crippen LogP contribution in [-0.4, -0.2) is 131 Å². The van der Waals surface area contributed by atoms with E-state index in [4.69, 9.17) is 24.7 Å². The third-order valence-corrected chi connectivity index (χ3v) is 13.0. The minimum absolute atomic E-state index is 0.00957. The average Bonchev–Trinajstić information content (AvgIpc) is 3.24. The van der Waals surface area contributed by atoms with Crippen LogP contribution in [0, 0.1) is 16.2 Å². The molecule has 0 spiro atoms. The summed E-state index contributed by atoms with van der Waals surface area (Å²) in [6, 6.07) is 7.86. The number of carbonyl (C=O) groups is 4. The van der Waals surface area contributed by atoms with Gasteiger partial charge in [-0.1, -0.05) is 38.6 Å². The second-order valence-electron chi connectivity index (χ2n) is 18.9. The number of hydrogen-bond donors (Lipinski definition) is 10. The SMILES string of the molecule is C=C/C(=C(/C)NCC12CC3(C)CC(C)(C1)CC(OCCNC(=O)OCc1ccc(O[C@@H]4O[C@H](CO)[C@H](O)[C@H](O)[C@H]4O)c(NC(=O)CCN)c1)(C3)C2)c1ccc(CC(=O)NC)nc1C(=O)O. The number of nitrogens with zero attached hydrogens (tertiary/aromatic N) is 1. The predicted molar refractivity (Wildman–Crippen MR) is 236 cm³/mol. The lowest BCUT2D eigenvalue weighted by atomic mass is 9.39. The topological polar surface area (TPSA) is 293 Å². The van der Waals surface area contributed by atoms with Crippen LogP contribution < -0.4 is 31.7 Å². The van der Waals surface area contributed by atoms with Gasteiger partial charge >= 0.3 is 12.1 Å². The van der Waals surface area contributed by atoms with Crippen LogP contribution in [0.4, 0.5) is 10.5 Å². The molecular formula is C46H64N6O13. The number of alkyl carbamates (subject to hydrolysis) is 1. The minimum atomic E-state index is -1.68. The molecule has 19 heteroatoms.